The molecule has 0 heterocycles. The minimum atomic E-state index is -0.236. The first-order valence-electron chi connectivity index (χ1n) is 4.40. The Morgan fingerprint density at radius 2 is 2.33 bits per heavy atom. The van der Waals surface area contributed by atoms with Gasteiger partial charge in [0.2, 0.25) is 0 Å². The molecule has 0 aliphatic rings. The molecule has 0 saturated carbocycles. The van der Waals surface area contributed by atoms with E-state index in [1.54, 1.807) is 6.07 Å². The van der Waals surface area contributed by atoms with Crippen LogP contribution in [0.15, 0.2) is 22.7 Å². The molecule has 0 aliphatic carbocycles. The first-order chi connectivity index (χ1) is 7.15. The highest BCUT2D eigenvalue weighted by molar-refractivity contribution is 9.10. The summed E-state index contributed by atoms with van der Waals surface area (Å²) < 4.78 is 5.33. The average molecular weight is 293 g/mol. The molecule has 0 bridgehead atoms. The predicted molar refractivity (Wildman–Crippen MR) is 64.3 cm³/mol. The summed E-state index contributed by atoms with van der Waals surface area (Å²) in [5.41, 5.74) is 0.867. The van der Waals surface area contributed by atoms with Crippen molar-refractivity contribution in [2.75, 3.05) is 19.0 Å². The molecule has 0 atom stereocenters. The van der Waals surface area contributed by atoms with E-state index in [1.165, 1.54) is 7.11 Å². The van der Waals surface area contributed by atoms with E-state index < -0.39 is 0 Å². The summed E-state index contributed by atoms with van der Waals surface area (Å²) in [5.74, 6) is -0.236. The van der Waals surface area contributed by atoms with E-state index in [4.69, 9.17) is 11.6 Å². The lowest BCUT2D eigenvalue weighted by molar-refractivity contribution is -0.140. The largest absolute Gasteiger partial charge is 0.469 e. The third-order valence-corrected chi connectivity index (χ3v) is 3.22. The number of anilines is 1. The van der Waals surface area contributed by atoms with Gasteiger partial charge in [-0.2, -0.15) is 0 Å². The SMILES string of the molecule is COC(=O)CCNc1cccc(Cl)c1Br. The molecule has 0 spiro atoms. The molecule has 3 nitrogen and oxygen atoms in total. The van der Waals surface area contributed by atoms with E-state index in [1.807, 2.05) is 12.1 Å². The number of ether oxygens (including phenoxy) is 1. The van der Waals surface area contributed by atoms with Crippen molar-refractivity contribution in [1.82, 2.24) is 0 Å². The normalized spacial score (nSPS) is 9.80. The van der Waals surface area contributed by atoms with Crippen molar-refractivity contribution in [1.29, 1.82) is 0 Å². The molecule has 0 unspecified atom stereocenters. The molecule has 0 aromatic heterocycles. The van der Waals surface area contributed by atoms with Crippen LogP contribution in [0.2, 0.25) is 5.02 Å². The van der Waals surface area contributed by atoms with Crippen molar-refractivity contribution >= 4 is 39.2 Å². The molecule has 0 aliphatic heterocycles. The van der Waals surface area contributed by atoms with Gasteiger partial charge in [-0.05, 0) is 28.1 Å². The Kier molecular flexibility index (Phi) is 4.91. The van der Waals surface area contributed by atoms with Crippen LogP contribution in [0.5, 0.6) is 0 Å². The number of methoxy groups -OCH3 is 1. The van der Waals surface area contributed by atoms with Gasteiger partial charge in [-0.15, -0.1) is 0 Å². The number of hydrogen-bond acceptors (Lipinski definition) is 3. The van der Waals surface area contributed by atoms with E-state index in [9.17, 15) is 4.79 Å². The minimum Gasteiger partial charge on any atom is -0.469 e. The van der Waals surface area contributed by atoms with Crippen LogP contribution in [0.25, 0.3) is 0 Å². The highest BCUT2D eigenvalue weighted by atomic mass is 79.9. The maximum atomic E-state index is 10.9. The molecule has 1 rings (SSSR count). The van der Waals surface area contributed by atoms with E-state index in [0.29, 0.717) is 18.0 Å². The first-order valence-corrected chi connectivity index (χ1v) is 5.57. The summed E-state index contributed by atoms with van der Waals surface area (Å²) in [4.78, 5) is 10.9. The Hall–Kier alpha value is -0.740. The first kappa shape index (κ1) is 12.3. The lowest BCUT2D eigenvalue weighted by Crippen LogP contribution is -2.09. The smallest absolute Gasteiger partial charge is 0.307 e. The van der Waals surface area contributed by atoms with Crippen LogP contribution < -0.4 is 5.32 Å². The maximum Gasteiger partial charge on any atom is 0.307 e. The molecule has 0 saturated heterocycles. The molecule has 5 heteroatoms. The fraction of sp³-hybridized carbons (Fsp3) is 0.300. The average Bonchev–Trinajstić information content (AvgIpc) is 2.24. The number of esters is 1. The van der Waals surface area contributed by atoms with Gasteiger partial charge < -0.3 is 10.1 Å². The van der Waals surface area contributed by atoms with Crippen LogP contribution in [-0.2, 0) is 9.53 Å². The van der Waals surface area contributed by atoms with Crippen LogP contribution in [0.1, 0.15) is 6.42 Å². The Morgan fingerprint density at radius 1 is 1.60 bits per heavy atom. The van der Waals surface area contributed by atoms with Crippen molar-refractivity contribution in [2.24, 2.45) is 0 Å². The number of hydrogen-bond donors (Lipinski definition) is 1. The van der Waals surface area contributed by atoms with Crippen LogP contribution in [0.4, 0.5) is 5.69 Å². The van der Waals surface area contributed by atoms with Crippen LogP contribution in [0.3, 0.4) is 0 Å². The zero-order valence-electron chi connectivity index (χ0n) is 8.22. The van der Waals surface area contributed by atoms with Gasteiger partial charge in [-0.25, -0.2) is 0 Å². The Bertz CT molecular complexity index is 357. The number of carbonyl (C=O) groups excluding carboxylic acids is 1. The van der Waals surface area contributed by atoms with Crippen molar-refractivity contribution < 1.29 is 9.53 Å². The number of nitrogens with one attached hydrogen (secondary N) is 1. The lowest BCUT2D eigenvalue weighted by Gasteiger charge is -2.08. The molecule has 1 N–H and O–H groups in total. The third-order valence-electron chi connectivity index (χ3n) is 1.82. The van der Waals surface area contributed by atoms with Gasteiger partial charge in [-0.3, -0.25) is 4.79 Å². The van der Waals surface area contributed by atoms with Gasteiger partial charge in [0.25, 0.3) is 0 Å². The fourth-order valence-corrected chi connectivity index (χ4v) is 1.62. The van der Waals surface area contributed by atoms with Gasteiger partial charge in [0.15, 0.2) is 0 Å². The Labute approximate surface area is 102 Å². The molecular formula is C10H11BrClNO2. The van der Waals surface area contributed by atoms with Gasteiger partial charge >= 0.3 is 5.97 Å². The van der Waals surface area contributed by atoms with Crippen molar-refractivity contribution in [3.05, 3.63) is 27.7 Å². The standard InChI is InChI=1S/C10H11BrClNO2/c1-15-9(14)5-6-13-8-4-2-3-7(12)10(8)11/h2-4,13H,5-6H2,1H3. The highest BCUT2D eigenvalue weighted by Gasteiger charge is 2.04. The second-order valence-corrected chi connectivity index (χ2v) is 4.05. The van der Waals surface area contributed by atoms with Gasteiger partial charge in [-0.1, -0.05) is 17.7 Å². The van der Waals surface area contributed by atoms with Crippen molar-refractivity contribution in [2.45, 2.75) is 6.42 Å². The molecule has 1 aromatic carbocycles. The zero-order chi connectivity index (χ0) is 11.3. The lowest BCUT2D eigenvalue weighted by atomic mass is 10.3. The highest BCUT2D eigenvalue weighted by Crippen LogP contribution is 2.29. The number of carbonyl (C=O) groups is 1. The van der Waals surface area contributed by atoms with E-state index >= 15 is 0 Å². The van der Waals surface area contributed by atoms with Crippen LogP contribution >= 0.6 is 27.5 Å². The molecule has 0 amide bonds. The maximum absolute atomic E-state index is 10.9. The topological polar surface area (TPSA) is 38.3 Å². The molecule has 82 valence electrons. The van der Waals surface area contributed by atoms with Gasteiger partial charge in [0.05, 0.1) is 23.0 Å². The van der Waals surface area contributed by atoms with Gasteiger partial charge in [0.1, 0.15) is 0 Å². The van der Waals surface area contributed by atoms with E-state index in [-0.39, 0.29) is 5.97 Å². The van der Waals surface area contributed by atoms with Crippen LogP contribution in [0, 0.1) is 0 Å². The minimum absolute atomic E-state index is 0.236. The molecular weight excluding hydrogens is 281 g/mol. The molecule has 15 heavy (non-hydrogen) atoms. The van der Waals surface area contributed by atoms with Crippen molar-refractivity contribution in [3.63, 3.8) is 0 Å². The fourth-order valence-electron chi connectivity index (χ4n) is 1.04. The second kappa shape index (κ2) is 5.98. The monoisotopic (exact) mass is 291 g/mol. The summed E-state index contributed by atoms with van der Waals surface area (Å²) in [6, 6.07) is 5.51. The summed E-state index contributed by atoms with van der Waals surface area (Å²) in [6.07, 6.45) is 0.329. The summed E-state index contributed by atoms with van der Waals surface area (Å²) in [7, 11) is 1.37. The quantitative estimate of drug-likeness (QED) is 0.867. The van der Waals surface area contributed by atoms with Crippen molar-refractivity contribution in [3.8, 4) is 0 Å². The van der Waals surface area contributed by atoms with Crippen LogP contribution in [-0.4, -0.2) is 19.6 Å². The molecule has 0 radical (unpaired) electrons. The molecule has 1 aromatic rings. The number of halogens is 2. The van der Waals surface area contributed by atoms with Gasteiger partial charge in [0, 0.05) is 12.2 Å². The summed E-state index contributed by atoms with van der Waals surface area (Å²) in [5, 5.41) is 3.72. The number of benzene rings is 1. The zero-order valence-corrected chi connectivity index (χ0v) is 10.6. The molecule has 0 fully saturated rings. The Morgan fingerprint density at radius 3 is 3.00 bits per heavy atom. The summed E-state index contributed by atoms with van der Waals surface area (Å²) in [6.45, 7) is 0.519. The number of rotatable bonds is 4. The van der Waals surface area contributed by atoms with E-state index in [2.05, 4.69) is 26.0 Å². The summed E-state index contributed by atoms with van der Waals surface area (Å²) >= 11 is 9.26. The predicted octanol–water partition coefficient (Wildman–Crippen LogP) is 3.08. The third kappa shape index (κ3) is 3.72. The van der Waals surface area contributed by atoms with E-state index in [0.717, 1.165) is 10.2 Å². The second-order valence-electron chi connectivity index (χ2n) is 2.85. The Balaban J connectivity index is 2.51.